The summed E-state index contributed by atoms with van der Waals surface area (Å²) in [4.78, 5) is 10.2. The van der Waals surface area contributed by atoms with Gasteiger partial charge < -0.3 is 5.11 Å². The van der Waals surface area contributed by atoms with E-state index in [1.165, 1.54) is 0 Å². The first-order valence-corrected chi connectivity index (χ1v) is 4.24. The van der Waals surface area contributed by atoms with E-state index >= 15 is 0 Å². The van der Waals surface area contributed by atoms with Crippen LogP contribution in [0.3, 0.4) is 0 Å². The first kappa shape index (κ1) is 11.0. The average molecular weight is 269 g/mol. The Bertz CT molecular complexity index is 381. The zero-order chi connectivity index (χ0) is 10.9. The van der Waals surface area contributed by atoms with E-state index in [-0.39, 0.29) is 4.47 Å². The normalized spacial score (nSPS) is 12.6. The SMILES string of the molecule is O=C(O)C(F)c1ccc(Br)c(F)c1F. The molecule has 1 N–H and O–H groups in total. The predicted octanol–water partition coefficient (Wildman–Crippen LogP) is 2.82. The van der Waals surface area contributed by atoms with E-state index in [0.717, 1.165) is 12.1 Å². The molecule has 1 unspecified atom stereocenters. The number of rotatable bonds is 2. The second kappa shape index (κ2) is 4.00. The Hall–Kier alpha value is -1.04. The van der Waals surface area contributed by atoms with Gasteiger partial charge in [-0.1, -0.05) is 6.07 Å². The number of hydrogen-bond donors (Lipinski definition) is 1. The summed E-state index contributed by atoms with van der Waals surface area (Å²) in [6.07, 6.45) is -2.56. The number of carboxylic acid groups (broad SMARTS) is 1. The van der Waals surface area contributed by atoms with Crippen molar-refractivity contribution >= 4 is 21.9 Å². The van der Waals surface area contributed by atoms with Crippen molar-refractivity contribution in [3.63, 3.8) is 0 Å². The molecule has 0 aliphatic carbocycles. The fourth-order valence-electron chi connectivity index (χ4n) is 0.870. The van der Waals surface area contributed by atoms with Gasteiger partial charge in [-0.15, -0.1) is 0 Å². The highest BCUT2D eigenvalue weighted by Gasteiger charge is 2.24. The van der Waals surface area contributed by atoms with E-state index in [0.29, 0.717) is 0 Å². The molecule has 1 aromatic rings. The minimum absolute atomic E-state index is 0.184. The number of aliphatic carboxylic acids is 1. The number of carbonyl (C=O) groups is 1. The van der Waals surface area contributed by atoms with Crippen molar-refractivity contribution in [2.75, 3.05) is 0 Å². The molecule has 0 aliphatic rings. The second-order valence-corrected chi connectivity index (χ2v) is 3.32. The molecule has 0 aliphatic heterocycles. The fourth-order valence-corrected chi connectivity index (χ4v) is 1.18. The van der Waals surface area contributed by atoms with Crippen LogP contribution in [0.25, 0.3) is 0 Å². The van der Waals surface area contributed by atoms with Crippen LogP contribution in [0.5, 0.6) is 0 Å². The third-order valence-electron chi connectivity index (χ3n) is 1.55. The number of carboxylic acids is 1. The van der Waals surface area contributed by atoms with Gasteiger partial charge in [-0.3, -0.25) is 0 Å². The average Bonchev–Trinajstić information content (AvgIpc) is 2.13. The molecule has 1 atom stereocenters. The highest BCUT2D eigenvalue weighted by molar-refractivity contribution is 9.10. The summed E-state index contributed by atoms with van der Waals surface area (Å²) in [5, 5.41) is 8.24. The Morgan fingerprint density at radius 3 is 2.43 bits per heavy atom. The molecular weight excluding hydrogens is 265 g/mol. The van der Waals surface area contributed by atoms with Gasteiger partial charge in [0.2, 0.25) is 6.17 Å². The van der Waals surface area contributed by atoms with E-state index in [4.69, 9.17) is 5.11 Å². The van der Waals surface area contributed by atoms with Gasteiger partial charge in [-0.25, -0.2) is 18.0 Å². The molecule has 0 amide bonds. The molecule has 14 heavy (non-hydrogen) atoms. The van der Waals surface area contributed by atoms with Crippen LogP contribution >= 0.6 is 15.9 Å². The lowest BCUT2D eigenvalue weighted by Crippen LogP contribution is -2.09. The van der Waals surface area contributed by atoms with Gasteiger partial charge in [-0.05, 0) is 22.0 Å². The zero-order valence-electron chi connectivity index (χ0n) is 6.60. The Kier molecular flexibility index (Phi) is 3.15. The Balaban J connectivity index is 3.24. The Morgan fingerprint density at radius 2 is 1.93 bits per heavy atom. The topological polar surface area (TPSA) is 37.3 Å². The summed E-state index contributed by atoms with van der Waals surface area (Å²) in [7, 11) is 0. The fraction of sp³-hybridized carbons (Fsp3) is 0.125. The molecule has 0 aromatic heterocycles. The summed E-state index contributed by atoms with van der Waals surface area (Å²) >= 11 is 2.68. The van der Waals surface area contributed by atoms with Crippen molar-refractivity contribution in [3.8, 4) is 0 Å². The smallest absolute Gasteiger partial charge is 0.343 e. The maximum atomic E-state index is 13.0. The van der Waals surface area contributed by atoms with Gasteiger partial charge in [0.15, 0.2) is 11.6 Å². The third-order valence-corrected chi connectivity index (χ3v) is 2.17. The van der Waals surface area contributed by atoms with Crippen LogP contribution in [-0.4, -0.2) is 11.1 Å². The molecule has 0 heterocycles. The summed E-state index contributed by atoms with van der Waals surface area (Å²) in [5.74, 6) is -4.65. The summed E-state index contributed by atoms with van der Waals surface area (Å²) in [5.41, 5.74) is -0.821. The molecule has 0 spiro atoms. The molecule has 0 saturated carbocycles. The quantitative estimate of drug-likeness (QED) is 0.838. The number of benzene rings is 1. The van der Waals surface area contributed by atoms with Crippen LogP contribution in [0.2, 0.25) is 0 Å². The molecule has 0 saturated heterocycles. The Morgan fingerprint density at radius 1 is 1.36 bits per heavy atom. The second-order valence-electron chi connectivity index (χ2n) is 2.47. The minimum atomic E-state index is -2.56. The number of alkyl halides is 1. The first-order valence-electron chi connectivity index (χ1n) is 3.45. The van der Waals surface area contributed by atoms with Gasteiger partial charge in [0, 0.05) is 5.56 Å². The van der Waals surface area contributed by atoms with Gasteiger partial charge in [0.1, 0.15) is 0 Å². The van der Waals surface area contributed by atoms with E-state index in [9.17, 15) is 18.0 Å². The van der Waals surface area contributed by atoms with E-state index in [1.807, 2.05) is 0 Å². The lowest BCUT2D eigenvalue weighted by molar-refractivity contribution is -0.143. The van der Waals surface area contributed by atoms with Crippen LogP contribution in [0.15, 0.2) is 16.6 Å². The molecule has 6 heteroatoms. The summed E-state index contributed by atoms with van der Waals surface area (Å²) < 4.78 is 38.4. The third kappa shape index (κ3) is 1.89. The van der Waals surface area contributed by atoms with Gasteiger partial charge in [0.25, 0.3) is 0 Å². The standard InChI is InChI=1S/C8H4BrF3O2/c9-4-2-1-3(5(10)7(4)12)6(11)8(13)14/h1-2,6H,(H,13,14). The minimum Gasteiger partial charge on any atom is -0.479 e. The van der Waals surface area contributed by atoms with Crippen molar-refractivity contribution in [1.29, 1.82) is 0 Å². The summed E-state index contributed by atoms with van der Waals surface area (Å²) in [6.45, 7) is 0. The highest BCUT2D eigenvalue weighted by atomic mass is 79.9. The number of hydrogen-bond acceptors (Lipinski definition) is 1. The van der Waals surface area contributed by atoms with E-state index in [1.54, 1.807) is 0 Å². The molecule has 0 fully saturated rings. The molecule has 76 valence electrons. The molecule has 2 nitrogen and oxygen atoms in total. The molecule has 0 radical (unpaired) electrons. The Labute approximate surface area is 85.5 Å². The molecule has 0 bridgehead atoms. The van der Waals surface area contributed by atoms with Crippen molar-refractivity contribution in [1.82, 2.24) is 0 Å². The van der Waals surface area contributed by atoms with Crippen LogP contribution in [-0.2, 0) is 4.79 Å². The van der Waals surface area contributed by atoms with Crippen LogP contribution < -0.4 is 0 Å². The lowest BCUT2D eigenvalue weighted by Gasteiger charge is -2.06. The van der Waals surface area contributed by atoms with Crippen molar-refractivity contribution in [2.45, 2.75) is 6.17 Å². The molecular formula is C8H4BrF3O2. The maximum Gasteiger partial charge on any atom is 0.343 e. The van der Waals surface area contributed by atoms with Crippen LogP contribution in [0.4, 0.5) is 13.2 Å². The van der Waals surface area contributed by atoms with Gasteiger partial charge in [-0.2, -0.15) is 0 Å². The largest absolute Gasteiger partial charge is 0.479 e. The van der Waals surface area contributed by atoms with E-state index in [2.05, 4.69) is 15.9 Å². The summed E-state index contributed by atoms with van der Waals surface area (Å²) in [6, 6.07) is 1.92. The highest BCUT2D eigenvalue weighted by Crippen LogP contribution is 2.27. The molecule has 1 rings (SSSR count). The van der Waals surface area contributed by atoms with Crippen LogP contribution in [0.1, 0.15) is 11.7 Å². The van der Waals surface area contributed by atoms with Crippen molar-refractivity contribution in [2.24, 2.45) is 0 Å². The van der Waals surface area contributed by atoms with Gasteiger partial charge >= 0.3 is 5.97 Å². The predicted molar refractivity (Wildman–Crippen MR) is 45.5 cm³/mol. The van der Waals surface area contributed by atoms with Crippen molar-refractivity contribution in [3.05, 3.63) is 33.8 Å². The maximum absolute atomic E-state index is 13.0. The van der Waals surface area contributed by atoms with Crippen molar-refractivity contribution < 1.29 is 23.1 Å². The zero-order valence-corrected chi connectivity index (χ0v) is 8.19. The first-order chi connectivity index (χ1) is 6.45. The van der Waals surface area contributed by atoms with Crippen LogP contribution in [0, 0.1) is 11.6 Å². The monoisotopic (exact) mass is 268 g/mol. The van der Waals surface area contributed by atoms with E-state index < -0.39 is 29.3 Å². The lowest BCUT2D eigenvalue weighted by atomic mass is 10.1. The molecule has 1 aromatic carbocycles. The van der Waals surface area contributed by atoms with Gasteiger partial charge in [0.05, 0.1) is 4.47 Å². The number of halogens is 4.